The van der Waals surface area contributed by atoms with Crippen LogP contribution in [0.5, 0.6) is 5.75 Å². The van der Waals surface area contributed by atoms with Gasteiger partial charge in [-0.05, 0) is 67.1 Å². The number of benzene rings is 3. The van der Waals surface area contributed by atoms with Gasteiger partial charge in [0.15, 0.2) is 11.6 Å². The zero-order valence-corrected chi connectivity index (χ0v) is 22.6. The number of amides is 1. The number of hydrogen-bond donors (Lipinski definition) is 2. The number of piperidine rings is 1. The Hall–Kier alpha value is -4.09. The minimum Gasteiger partial charge on any atom is -0.478 e. The molecule has 0 radical (unpaired) electrons. The number of likely N-dealkylation sites (tertiary alicyclic amines) is 1. The van der Waals surface area contributed by atoms with Gasteiger partial charge in [0.05, 0.1) is 17.2 Å². The molecule has 11 heteroatoms. The number of carboxylic acid groups (broad SMARTS) is 1. The van der Waals surface area contributed by atoms with Gasteiger partial charge in [-0.2, -0.15) is 0 Å². The Morgan fingerprint density at radius 2 is 1.88 bits per heavy atom. The maximum absolute atomic E-state index is 14.1. The molecule has 2 aliphatic rings. The van der Waals surface area contributed by atoms with Gasteiger partial charge in [-0.3, -0.25) is 14.6 Å². The third-order valence-corrected chi connectivity index (χ3v) is 7.92. The number of halogens is 3. The van der Waals surface area contributed by atoms with Crippen LogP contribution in [0.1, 0.15) is 46.0 Å². The summed E-state index contributed by atoms with van der Waals surface area (Å²) in [5, 5.41) is 13.1. The molecule has 1 amide bonds. The highest BCUT2D eigenvalue weighted by Crippen LogP contribution is 2.44. The maximum Gasteiger partial charge on any atom is 0.335 e. The number of methoxy groups -OCH3 is 1. The molecule has 5 rings (SSSR count). The van der Waals surface area contributed by atoms with Gasteiger partial charge in [-0.25, -0.2) is 18.0 Å². The quantitative estimate of drug-likeness (QED) is 0.374. The predicted octanol–water partition coefficient (Wildman–Crippen LogP) is 5.44. The van der Waals surface area contributed by atoms with Crippen LogP contribution in [0.25, 0.3) is 0 Å². The van der Waals surface area contributed by atoms with E-state index in [1.54, 1.807) is 36.3 Å². The summed E-state index contributed by atoms with van der Waals surface area (Å²) in [6, 6.07) is 14.4. The topological polar surface area (TPSA) is 91.3 Å². The Balaban J connectivity index is 1.56. The average Bonchev–Trinajstić information content (AvgIpc) is 2.96. The zero-order chi connectivity index (χ0) is 29.3. The lowest BCUT2D eigenvalue weighted by Gasteiger charge is -2.55. The summed E-state index contributed by atoms with van der Waals surface area (Å²) < 4.78 is 50.9. The third-order valence-electron chi connectivity index (χ3n) is 7.92. The number of carboxylic acids is 1. The number of hydrogen-bond acceptors (Lipinski definition) is 6. The van der Waals surface area contributed by atoms with Crippen molar-refractivity contribution in [2.24, 2.45) is 0 Å². The van der Waals surface area contributed by atoms with Crippen molar-refractivity contribution in [3.63, 3.8) is 0 Å². The number of fused-ring (bicyclic) bond motifs is 1. The number of rotatable bonds is 8. The van der Waals surface area contributed by atoms with E-state index in [1.807, 2.05) is 6.92 Å². The largest absolute Gasteiger partial charge is 0.478 e. The highest BCUT2D eigenvalue weighted by molar-refractivity contribution is 6.13. The van der Waals surface area contributed by atoms with Crippen molar-refractivity contribution in [1.29, 1.82) is 0 Å². The van der Waals surface area contributed by atoms with Crippen molar-refractivity contribution in [3.05, 3.63) is 89.0 Å². The van der Waals surface area contributed by atoms with Gasteiger partial charge in [0.25, 0.3) is 5.91 Å². The zero-order valence-electron chi connectivity index (χ0n) is 22.6. The van der Waals surface area contributed by atoms with Gasteiger partial charge < -0.3 is 19.9 Å². The fourth-order valence-corrected chi connectivity index (χ4v) is 5.78. The highest BCUT2D eigenvalue weighted by Gasteiger charge is 2.51. The van der Waals surface area contributed by atoms with Gasteiger partial charge >= 0.3 is 5.97 Å². The van der Waals surface area contributed by atoms with E-state index < -0.39 is 30.1 Å². The molecule has 0 aromatic heterocycles. The molecule has 216 valence electrons. The first-order chi connectivity index (χ1) is 19.7. The number of nitrogens with zero attached hydrogens (tertiary/aromatic N) is 2. The number of anilines is 2. The van der Waals surface area contributed by atoms with Crippen molar-refractivity contribution < 1.29 is 37.3 Å². The molecule has 41 heavy (non-hydrogen) atoms. The van der Waals surface area contributed by atoms with Crippen LogP contribution >= 0.6 is 0 Å². The minimum absolute atomic E-state index is 0.0398. The van der Waals surface area contributed by atoms with E-state index in [0.29, 0.717) is 54.2 Å². The monoisotopic (exact) mass is 569 g/mol. The van der Waals surface area contributed by atoms with E-state index in [4.69, 9.17) is 9.47 Å². The van der Waals surface area contributed by atoms with Crippen LogP contribution in [0.4, 0.5) is 24.5 Å². The smallest absolute Gasteiger partial charge is 0.335 e. The molecule has 3 unspecified atom stereocenters. The van der Waals surface area contributed by atoms with Crippen molar-refractivity contribution >= 4 is 23.3 Å². The average molecular weight is 570 g/mol. The highest BCUT2D eigenvalue weighted by atomic mass is 19.2. The van der Waals surface area contributed by atoms with E-state index in [1.165, 1.54) is 30.3 Å². The molecular formula is C30H30F3N3O5. The first-order valence-corrected chi connectivity index (χ1v) is 13.2. The number of ether oxygens (including phenoxy) is 2. The molecule has 2 aliphatic heterocycles. The van der Waals surface area contributed by atoms with Crippen LogP contribution in [-0.4, -0.2) is 60.2 Å². The minimum atomic E-state index is -1.12. The molecule has 1 saturated heterocycles. The standard InChI is InChI=1S/C30H30F3N3O5/c1-18(40-2)27-15-30(11-12-35(27)16-19-3-10-24(32)25(33)13-19)34-26-14-20(29(38)39)4-9-23(26)28(37)36(30)21-5-7-22(8-6-21)41-17-31/h3-10,13-14,18,27,34H,11-12,15-17H2,1-2H3,(H,38,39). The summed E-state index contributed by atoms with van der Waals surface area (Å²) in [6.45, 7) is 1.69. The SMILES string of the molecule is COC(C)C1CC2(CCN1Cc1ccc(F)c(F)c1)Nc1cc(C(=O)O)ccc1C(=O)N2c1ccc(OCF)cc1. The maximum atomic E-state index is 14.1. The van der Waals surface area contributed by atoms with Crippen molar-refractivity contribution in [2.45, 2.75) is 44.1 Å². The molecule has 0 saturated carbocycles. The predicted molar refractivity (Wildman–Crippen MR) is 146 cm³/mol. The number of aromatic carboxylic acids is 1. The van der Waals surface area contributed by atoms with Crippen molar-refractivity contribution in [3.8, 4) is 5.75 Å². The molecule has 3 atom stereocenters. The van der Waals surface area contributed by atoms with Gasteiger partial charge in [-0.1, -0.05) is 6.07 Å². The molecule has 0 aliphatic carbocycles. The number of alkyl halides is 1. The molecule has 3 aromatic carbocycles. The Morgan fingerprint density at radius 1 is 1.12 bits per heavy atom. The van der Waals surface area contributed by atoms with Crippen molar-refractivity contribution in [2.75, 3.05) is 30.7 Å². The fourth-order valence-electron chi connectivity index (χ4n) is 5.78. The normalized spacial score (nSPS) is 21.3. The summed E-state index contributed by atoms with van der Waals surface area (Å²) in [5.41, 5.74) is 0.896. The lowest BCUT2D eigenvalue weighted by atomic mass is 9.83. The summed E-state index contributed by atoms with van der Waals surface area (Å²) in [4.78, 5) is 29.6. The molecule has 3 aromatic rings. The number of nitrogens with one attached hydrogen (secondary N) is 1. The molecule has 1 spiro atoms. The second-order valence-electron chi connectivity index (χ2n) is 10.3. The van der Waals surface area contributed by atoms with Gasteiger partial charge in [0.2, 0.25) is 6.86 Å². The van der Waals surface area contributed by atoms with Crippen molar-refractivity contribution in [1.82, 2.24) is 4.90 Å². The van der Waals surface area contributed by atoms with Crippen LogP contribution in [0.15, 0.2) is 60.7 Å². The van der Waals surface area contributed by atoms with Crippen LogP contribution in [0.2, 0.25) is 0 Å². The van der Waals surface area contributed by atoms with Gasteiger partial charge in [0.1, 0.15) is 11.4 Å². The van der Waals surface area contributed by atoms with E-state index in [9.17, 15) is 27.9 Å². The van der Waals surface area contributed by atoms with E-state index >= 15 is 0 Å². The van der Waals surface area contributed by atoms with Crippen LogP contribution < -0.4 is 15.0 Å². The Kier molecular flexibility index (Phi) is 7.92. The second kappa shape index (κ2) is 11.4. The molecule has 2 N–H and O–H groups in total. The molecular weight excluding hydrogens is 539 g/mol. The van der Waals surface area contributed by atoms with E-state index in [2.05, 4.69) is 10.2 Å². The Labute approximate surface area is 235 Å². The Morgan fingerprint density at radius 3 is 2.54 bits per heavy atom. The summed E-state index contributed by atoms with van der Waals surface area (Å²) in [7, 11) is 1.58. The van der Waals surface area contributed by atoms with Gasteiger partial charge in [0, 0.05) is 50.5 Å². The van der Waals surface area contributed by atoms with E-state index in [0.717, 1.165) is 6.07 Å². The number of carbonyl (C=O) groups excluding carboxylic acids is 1. The molecule has 2 heterocycles. The van der Waals surface area contributed by atoms with Crippen LogP contribution in [-0.2, 0) is 11.3 Å². The summed E-state index contributed by atoms with van der Waals surface area (Å²) >= 11 is 0. The van der Waals surface area contributed by atoms with E-state index in [-0.39, 0.29) is 23.6 Å². The lowest BCUT2D eigenvalue weighted by Crippen LogP contribution is -2.67. The molecule has 8 nitrogen and oxygen atoms in total. The number of carbonyl (C=O) groups is 2. The van der Waals surface area contributed by atoms with Crippen LogP contribution in [0, 0.1) is 11.6 Å². The second-order valence-corrected chi connectivity index (χ2v) is 10.3. The van der Waals surface area contributed by atoms with Gasteiger partial charge in [-0.15, -0.1) is 0 Å². The first-order valence-electron chi connectivity index (χ1n) is 13.2. The summed E-state index contributed by atoms with van der Waals surface area (Å²) in [5.74, 6) is -2.98. The fraction of sp³-hybridized carbons (Fsp3) is 0.333. The molecule has 1 fully saturated rings. The lowest BCUT2D eigenvalue weighted by molar-refractivity contribution is -0.0139. The summed E-state index contributed by atoms with van der Waals surface area (Å²) in [6.07, 6.45) is 0.453. The molecule has 0 bridgehead atoms. The third kappa shape index (κ3) is 5.47. The van der Waals surface area contributed by atoms with Crippen LogP contribution in [0.3, 0.4) is 0 Å². The Bertz CT molecular complexity index is 1450. The first kappa shape index (κ1) is 28.4.